The lowest BCUT2D eigenvalue weighted by Crippen LogP contribution is -2.26. The highest BCUT2D eigenvalue weighted by Gasteiger charge is 2.18. The van der Waals surface area contributed by atoms with Crippen LogP contribution in [-0.2, 0) is 4.74 Å². The molecule has 1 aliphatic heterocycles. The van der Waals surface area contributed by atoms with Crippen molar-refractivity contribution < 1.29 is 14.6 Å². The minimum atomic E-state index is -1.06. The fourth-order valence-corrected chi connectivity index (χ4v) is 1.84. The maximum atomic E-state index is 10.6. The molecule has 0 saturated carbocycles. The van der Waals surface area contributed by atoms with Crippen molar-refractivity contribution in [3.05, 3.63) is 18.1 Å². The minimum absolute atomic E-state index is 0.0358. The first kappa shape index (κ1) is 11.8. The maximum Gasteiger partial charge on any atom is 0.356 e. The summed E-state index contributed by atoms with van der Waals surface area (Å²) in [5.41, 5.74) is -0.0358. The Kier molecular flexibility index (Phi) is 3.53. The first-order valence-corrected chi connectivity index (χ1v) is 5.51. The van der Waals surface area contributed by atoms with E-state index in [1.54, 1.807) is 0 Å². The Hall–Kier alpha value is -1.69. The number of carbonyl (C=O) groups is 1. The highest BCUT2D eigenvalue weighted by atomic mass is 16.5. The highest BCUT2D eigenvalue weighted by Crippen LogP contribution is 2.16. The van der Waals surface area contributed by atoms with Crippen LogP contribution >= 0.6 is 0 Å². The van der Waals surface area contributed by atoms with Crippen LogP contribution in [0.5, 0.6) is 0 Å². The van der Waals surface area contributed by atoms with E-state index >= 15 is 0 Å². The molecule has 1 fully saturated rings. The van der Waals surface area contributed by atoms with E-state index in [9.17, 15) is 4.79 Å². The van der Waals surface area contributed by atoms with Crippen molar-refractivity contribution in [2.24, 2.45) is 5.92 Å². The van der Waals surface area contributed by atoms with Gasteiger partial charge < -0.3 is 14.7 Å². The number of aromatic carboxylic acids is 1. The second kappa shape index (κ2) is 5.09. The van der Waals surface area contributed by atoms with E-state index in [2.05, 4.69) is 9.97 Å². The van der Waals surface area contributed by atoms with Gasteiger partial charge in [0.1, 0.15) is 5.82 Å². The van der Waals surface area contributed by atoms with Crippen LogP contribution in [0, 0.1) is 5.92 Å². The third-order valence-corrected chi connectivity index (χ3v) is 2.80. The zero-order valence-electron chi connectivity index (χ0n) is 9.67. The molecule has 17 heavy (non-hydrogen) atoms. The Morgan fingerprint density at radius 1 is 1.59 bits per heavy atom. The number of nitrogens with zero attached hydrogens (tertiary/aromatic N) is 3. The normalized spacial score (nSPS) is 19.2. The van der Waals surface area contributed by atoms with E-state index in [4.69, 9.17) is 9.84 Å². The summed E-state index contributed by atoms with van der Waals surface area (Å²) in [6.07, 6.45) is 3.82. The molecule has 1 saturated heterocycles. The topological polar surface area (TPSA) is 75.5 Å². The number of ether oxygens (including phenoxy) is 1. The molecular formula is C11H15N3O3. The molecular weight excluding hydrogens is 222 g/mol. The zero-order chi connectivity index (χ0) is 12.3. The highest BCUT2D eigenvalue weighted by molar-refractivity contribution is 5.84. The molecule has 0 spiro atoms. The van der Waals surface area contributed by atoms with Gasteiger partial charge in [0, 0.05) is 26.1 Å². The van der Waals surface area contributed by atoms with Gasteiger partial charge in [-0.3, -0.25) is 0 Å². The quantitative estimate of drug-likeness (QED) is 0.828. The van der Waals surface area contributed by atoms with Gasteiger partial charge in [-0.25, -0.2) is 14.8 Å². The Morgan fingerprint density at radius 2 is 2.41 bits per heavy atom. The van der Waals surface area contributed by atoms with Crippen molar-refractivity contribution in [3.8, 4) is 0 Å². The Balaban J connectivity index is 1.98. The van der Waals surface area contributed by atoms with E-state index in [-0.39, 0.29) is 5.69 Å². The number of anilines is 1. The summed E-state index contributed by atoms with van der Waals surface area (Å²) >= 11 is 0. The molecule has 1 aromatic rings. The molecule has 1 N–H and O–H groups in total. The van der Waals surface area contributed by atoms with Gasteiger partial charge in [0.05, 0.1) is 19.0 Å². The lowest BCUT2D eigenvalue weighted by atomic mass is 10.1. The fourth-order valence-electron chi connectivity index (χ4n) is 1.84. The largest absolute Gasteiger partial charge is 0.476 e. The summed E-state index contributed by atoms with van der Waals surface area (Å²) < 4.78 is 5.30. The molecule has 1 unspecified atom stereocenters. The van der Waals surface area contributed by atoms with Gasteiger partial charge >= 0.3 is 5.97 Å². The lowest BCUT2D eigenvalue weighted by molar-refractivity contribution is 0.0690. The molecule has 0 amide bonds. The summed E-state index contributed by atoms with van der Waals surface area (Å²) in [4.78, 5) is 20.5. The predicted octanol–water partition coefficient (Wildman–Crippen LogP) is 0.647. The van der Waals surface area contributed by atoms with E-state index in [1.807, 2.05) is 11.9 Å². The van der Waals surface area contributed by atoms with Crippen molar-refractivity contribution in [2.45, 2.75) is 6.42 Å². The molecule has 2 heterocycles. The number of rotatable bonds is 4. The Bertz CT molecular complexity index is 387. The number of hydrogen-bond acceptors (Lipinski definition) is 5. The lowest BCUT2D eigenvalue weighted by Gasteiger charge is -2.20. The molecule has 6 nitrogen and oxygen atoms in total. The van der Waals surface area contributed by atoms with Crippen molar-refractivity contribution in [1.29, 1.82) is 0 Å². The van der Waals surface area contributed by atoms with Crippen LogP contribution in [0.15, 0.2) is 12.4 Å². The zero-order valence-corrected chi connectivity index (χ0v) is 9.67. The Labute approximate surface area is 99.2 Å². The molecule has 92 valence electrons. The van der Waals surface area contributed by atoms with E-state index in [1.165, 1.54) is 12.4 Å². The average molecular weight is 237 g/mol. The molecule has 1 atom stereocenters. The molecule has 2 rings (SSSR count). The minimum Gasteiger partial charge on any atom is -0.476 e. The van der Waals surface area contributed by atoms with Gasteiger partial charge in [0.15, 0.2) is 5.69 Å². The molecule has 0 bridgehead atoms. The smallest absolute Gasteiger partial charge is 0.356 e. The van der Waals surface area contributed by atoms with Gasteiger partial charge in [0.25, 0.3) is 0 Å². The molecule has 0 aromatic carbocycles. The molecule has 1 aromatic heterocycles. The maximum absolute atomic E-state index is 10.6. The number of hydrogen-bond donors (Lipinski definition) is 1. The van der Waals surface area contributed by atoms with Gasteiger partial charge in [-0.05, 0) is 6.42 Å². The third-order valence-electron chi connectivity index (χ3n) is 2.80. The van der Waals surface area contributed by atoms with Crippen molar-refractivity contribution in [1.82, 2.24) is 9.97 Å². The van der Waals surface area contributed by atoms with Crippen LogP contribution in [0.3, 0.4) is 0 Å². The van der Waals surface area contributed by atoms with Gasteiger partial charge in [-0.15, -0.1) is 0 Å². The first-order valence-electron chi connectivity index (χ1n) is 5.51. The monoisotopic (exact) mass is 237 g/mol. The van der Waals surface area contributed by atoms with E-state index in [0.29, 0.717) is 11.7 Å². The SMILES string of the molecule is CN(CC1CCOC1)c1cnc(C(=O)O)cn1. The van der Waals surface area contributed by atoms with Crippen molar-refractivity contribution in [2.75, 3.05) is 31.7 Å². The van der Waals surface area contributed by atoms with Crippen LogP contribution in [0.25, 0.3) is 0 Å². The average Bonchev–Trinajstić information content (AvgIpc) is 2.82. The third kappa shape index (κ3) is 2.91. The van der Waals surface area contributed by atoms with Crippen LogP contribution < -0.4 is 4.90 Å². The van der Waals surface area contributed by atoms with Gasteiger partial charge in [-0.2, -0.15) is 0 Å². The Morgan fingerprint density at radius 3 is 2.94 bits per heavy atom. The molecule has 0 aliphatic carbocycles. The van der Waals surface area contributed by atoms with Gasteiger partial charge in [0.2, 0.25) is 0 Å². The summed E-state index contributed by atoms with van der Waals surface area (Å²) in [6, 6.07) is 0. The summed E-state index contributed by atoms with van der Waals surface area (Å²) in [5.74, 6) is 0.138. The first-order chi connectivity index (χ1) is 8.16. The second-order valence-corrected chi connectivity index (χ2v) is 4.18. The van der Waals surface area contributed by atoms with Crippen LogP contribution in [-0.4, -0.2) is 47.8 Å². The summed E-state index contributed by atoms with van der Waals surface area (Å²) in [7, 11) is 1.92. The van der Waals surface area contributed by atoms with Crippen LogP contribution in [0.1, 0.15) is 16.9 Å². The van der Waals surface area contributed by atoms with Crippen LogP contribution in [0.4, 0.5) is 5.82 Å². The predicted molar refractivity (Wildman–Crippen MR) is 61.2 cm³/mol. The standard InChI is InChI=1S/C11H15N3O3/c1-14(6-8-2-3-17-7-8)10-5-12-9(4-13-10)11(15)16/h4-5,8H,2-3,6-7H2,1H3,(H,15,16). The molecule has 6 heteroatoms. The fraction of sp³-hybridized carbons (Fsp3) is 0.545. The van der Waals surface area contributed by atoms with Crippen molar-refractivity contribution >= 4 is 11.8 Å². The number of carboxylic acid groups (broad SMARTS) is 1. The summed E-state index contributed by atoms with van der Waals surface area (Å²) in [5, 5.41) is 8.71. The number of carboxylic acids is 1. The molecule has 1 aliphatic rings. The van der Waals surface area contributed by atoms with Gasteiger partial charge in [-0.1, -0.05) is 0 Å². The van der Waals surface area contributed by atoms with Crippen LogP contribution in [0.2, 0.25) is 0 Å². The van der Waals surface area contributed by atoms with E-state index in [0.717, 1.165) is 26.2 Å². The van der Waals surface area contributed by atoms with E-state index < -0.39 is 5.97 Å². The van der Waals surface area contributed by atoms with Crippen molar-refractivity contribution in [3.63, 3.8) is 0 Å². The number of aromatic nitrogens is 2. The molecule has 0 radical (unpaired) electrons. The summed E-state index contributed by atoms with van der Waals surface area (Å²) in [6.45, 7) is 2.45. The second-order valence-electron chi connectivity index (χ2n) is 4.18.